The number of carbonyl (C=O) groups is 1. The molecule has 1 aromatic heterocycles. The predicted octanol–water partition coefficient (Wildman–Crippen LogP) is 1.02. The lowest BCUT2D eigenvalue weighted by molar-refractivity contribution is 0.0931. The standard InChI is InChI=1S/C11H16N2O2/c1-3-9-5-4-6-12-10(9)11(14)13-7-8-15-2/h4-6H,3,7-8H2,1-2H3,(H,13,14). The molecule has 4 nitrogen and oxygen atoms in total. The minimum absolute atomic E-state index is 0.135. The third-order valence-electron chi connectivity index (χ3n) is 2.08. The Morgan fingerprint density at radius 2 is 2.40 bits per heavy atom. The molecule has 1 amide bonds. The van der Waals surface area contributed by atoms with E-state index >= 15 is 0 Å². The molecule has 0 aliphatic rings. The topological polar surface area (TPSA) is 51.2 Å². The lowest BCUT2D eigenvalue weighted by atomic mass is 10.1. The Morgan fingerprint density at radius 3 is 3.07 bits per heavy atom. The number of aryl methyl sites for hydroxylation is 1. The maximum Gasteiger partial charge on any atom is 0.270 e. The largest absolute Gasteiger partial charge is 0.383 e. The summed E-state index contributed by atoms with van der Waals surface area (Å²) in [6, 6.07) is 3.75. The fraction of sp³-hybridized carbons (Fsp3) is 0.455. The molecule has 0 aliphatic carbocycles. The molecule has 0 unspecified atom stereocenters. The minimum atomic E-state index is -0.135. The summed E-state index contributed by atoms with van der Waals surface area (Å²) in [5.41, 5.74) is 1.48. The SMILES string of the molecule is CCc1cccnc1C(=O)NCCOC. The van der Waals surface area contributed by atoms with Crippen molar-refractivity contribution < 1.29 is 9.53 Å². The van der Waals surface area contributed by atoms with Crippen molar-refractivity contribution in [2.24, 2.45) is 0 Å². The van der Waals surface area contributed by atoms with Crippen molar-refractivity contribution in [3.05, 3.63) is 29.6 Å². The Bertz CT molecular complexity index is 326. The highest BCUT2D eigenvalue weighted by Crippen LogP contribution is 2.05. The van der Waals surface area contributed by atoms with Crippen molar-refractivity contribution in [1.29, 1.82) is 0 Å². The van der Waals surface area contributed by atoms with Crippen LogP contribution in [0.25, 0.3) is 0 Å². The fourth-order valence-corrected chi connectivity index (χ4v) is 1.28. The lowest BCUT2D eigenvalue weighted by Gasteiger charge is -2.06. The van der Waals surface area contributed by atoms with E-state index in [9.17, 15) is 4.79 Å². The molecule has 1 heterocycles. The zero-order valence-corrected chi connectivity index (χ0v) is 9.12. The first-order valence-corrected chi connectivity index (χ1v) is 5.00. The summed E-state index contributed by atoms with van der Waals surface area (Å²) in [6.07, 6.45) is 2.44. The number of methoxy groups -OCH3 is 1. The van der Waals surface area contributed by atoms with Gasteiger partial charge in [0, 0.05) is 19.9 Å². The van der Waals surface area contributed by atoms with Crippen LogP contribution in [0.15, 0.2) is 18.3 Å². The van der Waals surface area contributed by atoms with E-state index in [1.807, 2.05) is 19.1 Å². The van der Waals surface area contributed by atoms with E-state index in [4.69, 9.17) is 4.74 Å². The van der Waals surface area contributed by atoms with E-state index in [0.717, 1.165) is 12.0 Å². The van der Waals surface area contributed by atoms with Gasteiger partial charge < -0.3 is 10.1 Å². The molecule has 0 bridgehead atoms. The molecular formula is C11H16N2O2. The molecule has 0 radical (unpaired) electrons. The maximum absolute atomic E-state index is 11.7. The van der Waals surface area contributed by atoms with Crippen molar-refractivity contribution in [2.45, 2.75) is 13.3 Å². The summed E-state index contributed by atoms with van der Waals surface area (Å²) >= 11 is 0. The van der Waals surface area contributed by atoms with Crippen LogP contribution in [0.5, 0.6) is 0 Å². The van der Waals surface area contributed by atoms with Crippen LogP contribution < -0.4 is 5.32 Å². The average Bonchev–Trinajstić information content (AvgIpc) is 2.29. The third kappa shape index (κ3) is 3.32. The van der Waals surface area contributed by atoms with Crippen molar-refractivity contribution >= 4 is 5.91 Å². The van der Waals surface area contributed by atoms with E-state index in [2.05, 4.69) is 10.3 Å². The first kappa shape index (κ1) is 11.7. The Balaban J connectivity index is 2.64. The predicted molar refractivity (Wildman–Crippen MR) is 57.8 cm³/mol. The van der Waals surface area contributed by atoms with Crippen LogP contribution in [0.1, 0.15) is 23.0 Å². The summed E-state index contributed by atoms with van der Waals surface area (Å²) in [5.74, 6) is -0.135. The number of hydrogen-bond acceptors (Lipinski definition) is 3. The number of nitrogens with one attached hydrogen (secondary N) is 1. The second kappa shape index (κ2) is 6.14. The Labute approximate surface area is 89.7 Å². The first-order valence-electron chi connectivity index (χ1n) is 5.00. The molecule has 1 rings (SSSR count). The minimum Gasteiger partial charge on any atom is -0.383 e. The number of ether oxygens (including phenoxy) is 1. The average molecular weight is 208 g/mol. The zero-order chi connectivity index (χ0) is 11.1. The number of pyridine rings is 1. The molecule has 0 spiro atoms. The Hall–Kier alpha value is -1.42. The second-order valence-corrected chi connectivity index (χ2v) is 3.11. The van der Waals surface area contributed by atoms with Gasteiger partial charge >= 0.3 is 0 Å². The zero-order valence-electron chi connectivity index (χ0n) is 9.12. The number of hydrogen-bond donors (Lipinski definition) is 1. The van der Waals surface area contributed by atoms with Crippen molar-refractivity contribution in [1.82, 2.24) is 10.3 Å². The summed E-state index contributed by atoms with van der Waals surface area (Å²) in [5, 5.41) is 2.75. The monoisotopic (exact) mass is 208 g/mol. The number of carbonyl (C=O) groups excluding carboxylic acids is 1. The van der Waals surface area contributed by atoms with Gasteiger partial charge in [0.1, 0.15) is 5.69 Å². The first-order chi connectivity index (χ1) is 7.29. The van der Waals surface area contributed by atoms with Crippen LogP contribution in [0.2, 0.25) is 0 Å². The highest BCUT2D eigenvalue weighted by molar-refractivity contribution is 5.93. The Morgan fingerprint density at radius 1 is 1.60 bits per heavy atom. The van der Waals surface area contributed by atoms with Gasteiger partial charge in [-0.25, -0.2) is 0 Å². The van der Waals surface area contributed by atoms with Crippen LogP contribution in [0.3, 0.4) is 0 Å². The van der Waals surface area contributed by atoms with Gasteiger partial charge in [0.25, 0.3) is 5.91 Å². The van der Waals surface area contributed by atoms with Gasteiger partial charge in [-0.1, -0.05) is 13.0 Å². The molecular weight excluding hydrogens is 192 g/mol. The van der Waals surface area contributed by atoms with Crippen LogP contribution in [0, 0.1) is 0 Å². The van der Waals surface area contributed by atoms with Crippen molar-refractivity contribution in [2.75, 3.05) is 20.3 Å². The molecule has 0 saturated carbocycles. The molecule has 0 atom stereocenters. The molecule has 0 saturated heterocycles. The fourth-order valence-electron chi connectivity index (χ4n) is 1.28. The third-order valence-corrected chi connectivity index (χ3v) is 2.08. The van der Waals surface area contributed by atoms with E-state index < -0.39 is 0 Å². The van der Waals surface area contributed by atoms with Gasteiger partial charge in [-0.3, -0.25) is 9.78 Å². The maximum atomic E-state index is 11.7. The van der Waals surface area contributed by atoms with Crippen LogP contribution >= 0.6 is 0 Å². The van der Waals surface area contributed by atoms with Crippen LogP contribution in [-0.2, 0) is 11.2 Å². The smallest absolute Gasteiger partial charge is 0.270 e. The molecule has 4 heteroatoms. The van der Waals surface area contributed by atoms with Gasteiger partial charge in [0.2, 0.25) is 0 Å². The van der Waals surface area contributed by atoms with Crippen molar-refractivity contribution in [3.8, 4) is 0 Å². The molecule has 82 valence electrons. The molecule has 1 aromatic rings. The molecule has 1 N–H and O–H groups in total. The number of amides is 1. The quantitative estimate of drug-likeness (QED) is 0.735. The summed E-state index contributed by atoms with van der Waals surface area (Å²) in [4.78, 5) is 15.7. The number of aromatic nitrogens is 1. The molecule has 0 fully saturated rings. The summed E-state index contributed by atoms with van der Waals surface area (Å²) in [6.45, 7) is 3.03. The highest BCUT2D eigenvalue weighted by atomic mass is 16.5. The van der Waals surface area contributed by atoms with Gasteiger partial charge in [-0.2, -0.15) is 0 Å². The van der Waals surface area contributed by atoms with E-state index in [1.54, 1.807) is 13.3 Å². The lowest BCUT2D eigenvalue weighted by Crippen LogP contribution is -2.28. The summed E-state index contributed by atoms with van der Waals surface area (Å²) < 4.78 is 4.85. The van der Waals surface area contributed by atoms with Crippen LogP contribution in [-0.4, -0.2) is 31.2 Å². The van der Waals surface area contributed by atoms with Crippen LogP contribution in [0.4, 0.5) is 0 Å². The Kier molecular flexibility index (Phi) is 4.77. The van der Waals surface area contributed by atoms with Crippen molar-refractivity contribution in [3.63, 3.8) is 0 Å². The molecule has 15 heavy (non-hydrogen) atoms. The normalized spacial score (nSPS) is 10.0. The highest BCUT2D eigenvalue weighted by Gasteiger charge is 2.10. The molecule has 0 aromatic carbocycles. The summed E-state index contributed by atoms with van der Waals surface area (Å²) in [7, 11) is 1.60. The number of rotatable bonds is 5. The second-order valence-electron chi connectivity index (χ2n) is 3.11. The van der Waals surface area contributed by atoms with E-state index in [-0.39, 0.29) is 5.91 Å². The van der Waals surface area contributed by atoms with Gasteiger partial charge in [-0.05, 0) is 18.1 Å². The van der Waals surface area contributed by atoms with Gasteiger partial charge in [-0.15, -0.1) is 0 Å². The van der Waals surface area contributed by atoms with Gasteiger partial charge in [0.15, 0.2) is 0 Å². The van der Waals surface area contributed by atoms with E-state index in [1.165, 1.54) is 0 Å². The van der Waals surface area contributed by atoms with E-state index in [0.29, 0.717) is 18.8 Å². The number of nitrogens with zero attached hydrogens (tertiary/aromatic N) is 1. The van der Waals surface area contributed by atoms with Gasteiger partial charge in [0.05, 0.1) is 6.61 Å². The molecule has 0 aliphatic heterocycles.